The summed E-state index contributed by atoms with van der Waals surface area (Å²) in [5.41, 5.74) is 1.11. The van der Waals surface area contributed by atoms with E-state index in [1.165, 1.54) is 0 Å². The van der Waals surface area contributed by atoms with Crippen LogP contribution in [-0.2, 0) is 0 Å². The van der Waals surface area contributed by atoms with E-state index in [-0.39, 0.29) is 10.6 Å². The van der Waals surface area contributed by atoms with E-state index < -0.39 is 0 Å². The lowest BCUT2D eigenvalue weighted by atomic mass is 10.2. The molecule has 1 aliphatic rings. The van der Waals surface area contributed by atoms with Crippen molar-refractivity contribution in [3.63, 3.8) is 0 Å². The summed E-state index contributed by atoms with van der Waals surface area (Å²) in [7, 11) is 0. The zero-order valence-electron chi connectivity index (χ0n) is 8.52. The molecule has 0 unspecified atom stereocenters. The summed E-state index contributed by atoms with van der Waals surface area (Å²) < 4.78 is 0.665. The Morgan fingerprint density at radius 2 is 2.06 bits per heavy atom. The summed E-state index contributed by atoms with van der Waals surface area (Å²) in [6.07, 6.45) is 6.34. The molecule has 0 saturated heterocycles. The first-order chi connectivity index (χ1) is 7.66. The molecule has 4 nitrogen and oxygen atoms in total. The van der Waals surface area contributed by atoms with Crippen molar-refractivity contribution in [1.82, 2.24) is 0 Å². The number of nitro groups is 1. The number of hydrogen-bond acceptors (Lipinski definition) is 3. The third-order valence-corrected chi connectivity index (χ3v) is 3.39. The average molecular weight is 330 g/mol. The van der Waals surface area contributed by atoms with Crippen LogP contribution in [-0.4, -0.2) is 11.0 Å². The van der Waals surface area contributed by atoms with E-state index in [1.807, 2.05) is 28.7 Å². The molecule has 5 heteroatoms. The highest BCUT2D eigenvalue weighted by Gasteiger charge is 2.14. The van der Waals surface area contributed by atoms with Crippen molar-refractivity contribution in [1.29, 1.82) is 0 Å². The molecular weight excluding hydrogens is 319 g/mol. The van der Waals surface area contributed by atoms with Crippen molar-refractivity contribution in [2.75, 3.05) is 5.32 Å². The van der Waals surface area contributed by atoms with Gasteiger partial charge >= 0.3 is 0 Å². The van der Waals surface area contributed by atoms with Crippen molar-refractivity contribution in [2.24, 2.45) is 0 Å². The molecule has 84 valence electrons. The number of nitro benzene ring substituents is 1. The number of halogens is 1. The Kier molecular flexibility index (Phi) is 3.42. The minimum absolute atomic E-state index is 0.163. The standard InChI is InChI=1S/C11H11IN2O2/c12-10-7-9(5-6-11(10)14(15)16)13-8-3-1-2-4-8/h1-2,5-8,13H,3-4H2. The van der Waals surface area contributed by atoms with E-state index in [4.69, 9.17) is 0 Å². The van der Waals surface area contributed by atoms with Crippen LogP contribution in [0.1, 0.15) is 12.8 Å². The Labute approximate surface area is 107 Å². The van der Waals surface area contributed by atoms with Crippen LogP contribution in [0.4, 0.5) is 11.4 Å². The lowest BCUT2D eigenvalue weighted by Gasteiger charge is -2.13. The van der Waals surface area contributed by atoms with E-state index in [9.17, 15) is 10.1 Å². The minimum Gasteiger partial charge on any atom is -0.382 e. The molecular formula is C11H11IN2O2. The maximum atomic E-state index is 10.6. The number of nitrogens with zero attached hydrogens (tertiary/aromatic N) is 1. The minimum atomic E-state index is -0.358. The maximum absolute atomic E-state index is 10.6. The Balaban J connectivity index is 2.11. The predicted molar refractivity (Wildman–Crippen MR) is 71.6 cm³/mol. The Hall–Kier alpha value is -1.11. The zero-order valence-corrected chi connectivity index (χ0v) is 10.7. The van der Waals surface area contributed by atoms with Gasteiger partial charge in [-0.05, 0) is 47.6 Å². The quantitative estimate of drug-likeness (QED) is 0.400. The summed E-state index contributed by atoms with van der Waals surface area (Å²) in [6.45, 7) is 0. The van der Waals surface area contributed by atoms with Gasteiger partial charge in [0.1, 0.15) is 0 Å². The smallest absolute Gasteiger partial charge is 0.282 e. The second-order valence-corrected chi connectivity index (χ2v) is 4.87. The van der Waals surface area contributed by atoms with Crippen LogP contribution < -0.4 is 5.32 Å². The summed E-state index contributed by atoms with van der Waals surface area (Å²) in [5, 5.41) is 14.0. The first-order valence-corrected chi connectivity index (χ1v) is 6.10. The topological polar surface area (TPSA) is 55.2 Å². The highest BCUT2D eigenvalue weighted by atomic mass is 127. The van der Waals surface area contributed by atoms with Crippen molar-refractivity contribution in [3.05, 3.63) is 44.0 Å². The van der Waals surface area contributed by atoms with Gasteiger partial charge in [0, 0.05) is 17.8 Å². The lowest BCUT2D eigenvalue weighted by Crippen LogP contribution is -2.14. The normalized spacial score (nSPS) is 15.3. The molecule has 0 saturated carbocycles. The molecule has 0 aliphatic heterocycles. The lowest BCUT2D eigenvalue weighted by molar-refractivity contribution is -0.385. The van der Waals surface area contributed by atoms with Gasteiger partial charge in [-0.2, -0.15) is 0 Å². The number of benzene rings is 1. The molecule has 0 amide bonds. The van der Waals surface area contributed by atoms with E-state index in [2.05, 4.69) is 17.5 Å². The van der Waals surface area contributed by atoms with Crippen LogP contribution in [0.5, 0.6) is 0 Å². The fourth-order valence-electron chi connectivity index (χ4n) is 1.72. The molecule has 0 atom stereocenters. The molecule has 0 spiro atoms. The molecule has 16 heavy (non-hydrogen) atoms. The zero-order chi connectivity index (χ0) is 11.5. The molecule has 0 bridgehead atoms. The van der Waals surface area contributed by atoms with Crippen LogP contribution in [0.25, 0.3) is 0 Å². The third kappa shape index (κ3) is 2.52. The van der Waals surface area contributed by atoms with Gasteiger partial charge in [0.25, 0.3) is 5.69 Å². The second-order valence-electron chi connectivity index (χ2n) is 3.71. The Morgan fingerprint density at radius 3 is 2.62 bits per heavy atom. The Morgan fingerprint density at radius 1 is 1.38 bits per heavy atom. The van der Waals surface area contributed by atoms with Crippen molar-refractivity contribution >= 4 is 34.0 Å². The largest absolute Gasteiger partial charge is 0.382 e. The summed E-state index contributed by atoms with van der Waals surface area (Å²) in [6, 6.07) is 5.56. The van der Waals surface area contributed by atoms with Gasteiger partial charge in [0.2, 0.25) is 0 Å². The molecule has 1 N–H and O–H groups in total. The van der Waals surface area contributed by atoms with Gasteiger partial charge in [-0.1, -0.05) is 12.2 Å². The molecule has 1 aromatic carbocycles. The third-order valence-electron chi connectivity index (χ3n) is 2.52. The molecule has 0 fully saturated rings. The van der Waals surface area contributed by atoms with Crippen LogP contribution >= 0.6 is 22.6 Å². The molecule has 0 aromatic heterocycles. The van der Waals surface area contributed by atoms with Gasteiger partial charge in [-0.3, -0.25) is 10.1 Å². The summed E-state index contributed by atoms with van der Waals surface area (Å²) >= 11 is 1.99. The first-order valence-electron chi connectivity index (χ1n) is 5.02. The van der Waals surface area contributed by atoms with E-state index >= 15 is 0 Å². The molecule has 2 rings (SSSR count). The maximum Gasteiger partial charge on any atom is 0.282 e. The SMILES string of the molecule is O=[N+]([O-])c1ccc(NC2CC=CC2)cc1I. The van der Waals surface area contributed by atoms with Crippen molar-refractivity contribution < 1.29 is 4.92 Å². The molecule has 0 radical (unpaired) electrons. The van der Waals surface area contributed by atoms with E-state index in [1.54, 1.807) is 12.1 Å². The number of anilines is 1. The fourth-order valence-corrected chi connectivity index (χ4v) is 2.43. The first kappa shape index (κ1) is 11.4. The highest BCUT2D eigenvalue weighted by molar-refractivity contribution is 14.1. The van der Waals surface area contributed by atoms with Crippen LogP contribution in [0.3, 0.4) is 0 Å². The van der Waals surface area contributed by atoms with Crippen LogP contribution in [0.15, 0.2) is 30.4 Å². The van der Waals surface area contributed by atoms with Crippen LogP contribution in [0, 0.1) is 13.7 Å². The average Bonchev–Trinajstić information content (AvgIpc) is 2.70. The molecule has 1 aromatic rings. The van der Waals surface area contributed by atoms with Crippen molar-refractivity contribution in [2.45, 2.75) is 18.9 Å². The highest BCUT2D eigenvalue weighted by Crippen LogP contribution is 2.25. The summed E-state index contributed by atoms with van der Waals surface area (Å²) in [5.74, 6) is 0. The number of rotatable bonds is 3. The van der Waals surface area contributed by atoms with Gasteiger partial charge < -0.3 is 5.32 Å². The number of nitrogens with one attached hydrogen (secondary N) is 1. The Bertz CT molecular complexity index is 438. The van der Waals surface area contributed by atoms with E-state index in [0.29, 0.717) is 9.61 Å². The van der Waals surface area contributed by atoms with E-state index in [0.717, 1.165) is 18.5 Å². The van der Waals surface area contributed by atoms with Crippen LogP contribution in [0.2, 0.25) is 0 Å². The summed E-state index contributed by atoms with van der Waals surface area (Å²) in [4.78, 5) is 10.3. The molecule has 0 heterocycles. The number of hydrogen-bond donors (Lipinski definition) is 1. The van der Waals surface area contributed by atoms with Gasteiger partial charge in [-0.25, -0.2) is 0 Å². The van der Waals surface area contributed by atoms with Gasteiger partial charge in [-0.15, -0.1) is 0 Å². The van der Waals surface area contributed by atoms with Crippen molar-refractivity contribution in [3.8, 4) is 0 Å². The van der Waals surface area contributed by atoms with Gasteiger partial charge in [0.05, 0.1) is 8.49 Å². The fraction of sp³-hybridized carbons (Fsp3) is 0.273. The second kappa shape index (κ2) is 4.82. The monoisotopic (exact) mass is 330 g/mol. The van der Waals surface area contributed by atoms with Gasteiger partial charge in [0.15, 0.2) is 0 Å². The predicted octanol–water partition coefficient (Wildman–Crippen LogP) is 3.33. The molecule has 1 aliphatic carbocycles.